The van der Waals surface area contributed by atoms with Gasteiger partial charge in [-0.3, -0.25) is 0 Å². The number of esters is 1. The van der Waals surface area contributed by atoms with E-state index in [1.807, 2.05) is 0 Å². The second kappa shape index (κ2) is 6.31. The van der Waals surface area contributed by atoms with Crippen LogP contribution in [0.4, 0.5) is 22.0 Å². The molecule has 1 aromatic carbocycles. The molecule has 0 aliphatic carbocycles. The van der Waals surface area contributed by atoms with Crippen LogP contribution in [0.5, 0.6) is 0 Å². The summed E-state index contributed by atoms with van der Waals surface area (Å²) in [7, 11) is 0. The van der Waals surface area contributed by atoms with Crippen molar-refractivity contribution in [1.29, 1.82) is 0 Å². The SMILES string of the molecule is C/C=C\C=C(/C)OC(=O)c1c(F)c(F)c(F)c(F)c1F. The molecule has 0 aliphatic heterocycles. The fourth-order valence-electron chi connectivity index (χ4n) is 1.25. The van der Waals surface area contributed by atoms with Gasteiger partial charge in [-0.1, -0.05) is 12.2 Å². The number of rotatable bonds is 3. The summed E-state index contributed by atoms with van der Waals surface area (Å²) in [6.45, 7) is 2.94. The molecule has 0 aliphatic rings. The van der Waals surface area contributed by atoms with Crippen LogP contribution in [-0.4, -0.2) is 5.97 Å². The average molecular weight is 292 g/mol. The third-order valence-electron chi connectivity index (χ3n) is 2.19. The maximum Gasteiger partial charge on any atom is 0.349 e. The molecule has 108 valence electrons. The zero-order valence-electron chi connectivity index (χ0n) is 10.4. The molecule has 0 aromatic heterocycles. The van der Waals surface area contributed by atoms with Crippen molar-refractivity contribution in [3.8, 4) is 0 Å². The summed E-state index contributed by atoms with van der Waals surface area (Å²) in [5, 5.41) is 0. The molecule has 0 spiro atoms. The van der Waals surface area contributed by atoms with Gasteiger partial charge in [0.15, 0.2) is 23.3 Å². The topological polar surface area (TPSA) is 26.3 Å². The minimum absolute atomic E-state index is 0.0722. The second-order valence-corrected chi connectivity index (χ2v) is 3.64. The van der Waals surface area contributed by atoms with E-state index in [1.165, 1.54) is 19.1 Å². The van der Waals surface area contributed by atoms with Crippen LogP contribution in [0.2, 0.25) is 0 Å². The van der Waals surface area contributed by atoms with Gasteiger partial charge in [0.05, 0.1) is 0 Å². The van der Waals surface area contributed by atoms with E-state index in [-0.39, 0.29) is 5.76 Å². The number of hydrogen-bond acceptors (Lipinski definition) is 2. The van der Waals surface area contributed by atoms with Crippen LogP contribution in [-0.2, 0) is 4.74 Å². The lowest BCUT2D eigenvalue weighted by Crippen LogP contribution is -2.14. The molecule has 0 heterocycles. The van der Waals surface area contributed by atoms with Crippen LogP contribution in [0.1, 0.15) is 24.2 Å². The molecule has 0 bridgehead atoms. The van der Waals surface area contributed by atoms with Gasteiger partial charge in [0.25, 0.3) is 0 Å². The molecule has 0 amide bonds. The molecule has 2 nitrogen and oxygen atoms in total. The lowest BCUT2D eigenvalue weighted by molar-refractivity contribution is 0.0611. The average Bonchev–Trinajstić information content (AvgIpc) is 2.40. The summed E-state index contributed by atoms with van der Waals surface area (Å²) in [4.78, 5) is 11.5. The van der Waals surface area contributed by atoms with Gasteiger partial charge in [-0.2, -0.15) is 0 Å². The van der Waals surface area contributed by atoms with Gasteiger partial charge >= 0.3 is 5.97 Å². The molecule has 0 saturated heterocycles. The van der Waals surface area contributed by atoms with E-state index in [0.29, 0.717) is 0 Å². The Kier molecular flexibility index (Phi) is 5.01. The lowest BCUT2D eigenvalue weighted by Gasteiger charge is -2.08. The van der Waals surface area contributed by atoms with Gasteiger partial charge in [0.1, 0.15) is 11.3 Å². The Balaban J connectivity index is 3.24. The fraction of sp³-hybridized carbons (Fsp3) is 0.154. The molecule has 0 unspecified atom stereocenters. The van der Waals surface area contributed by atoms with Crippen LogP contribution in [0.3, 0.4) is 0 Å². The van der Waals surface area contributed by atoms with E-state index in [0.717, 1.165) is 0 Å². The molecular formula is C13H9F5O2. The van der Waals surface area contributed by atoms with Crippen molar-refractivity contribution in [2.75, 3.05) is 0 Å². The van der Waals surface area contributed by atoms with Gasteiger partial charge in [0, 0.05) is 0 Å². The van der Waals surface area contributed by atoms with Crippen molar-refractivity contribution >= 4 is 5.97 Å². The van der Waals surface area contributed by atoms with E-state index >= 15 is 0 Å². The van der Waals surface area contributed by atoms with Gasteiger partial charge in [-0.25, -0.2) is 26.7 Å². The molecular weight excluding hydrogens is 283 g/mol. The Morgan fingerprint density at radius 1 is 0.950 bits per heavy atom. The summed E-state index contributed by atoms with van der Waals surface area (Å²) < 4.78 is 69.7. The quantitative estimate of drug-likeness (QED) is 0.210. The predicted molar refractivity (Wildman–Crippen MR) is 60.2 cm³/mol. The molecule has 20 heavy (non-hydrogen) atoms. The van der Waals surface area contributed by atoms with Gasteiger partial charge in [-0.05, 0) is 19.9 Å². The second-order valence-electron chi connectivity index (χ2n) is 3.64. The maximum atomic E-state index is 13.3. The number of allylic oxidation sites excluding steroid dienone is 4. The van der Waals surface area contributed by atoms with Crippen molar-refractivity contribution in [3.05, 3.63) is 58.6 Å². The van der Waals surface area contributed by atoms with Crippen molar-refractivity contribution in [1.82, 2.24) is 0 Å². The highest BCUT2D eigenvalue weighted by atomic mass is 19.2. The first kappa shape index (κ1) is 15.9. The first-order chi connectivity index (χ1) is 9.31. The number of ether oxygens (including phenoxy) is 1. The summed E-state index contributed by atoms with van der Waals surface area (Å²) in [6.07, 6.45) is 4.32. The Morgan fingerprint density at radius 3 is 1.85 bits per heavy atom. The minimum atomic E-state index is -2.34. The third kappa shape index (κ3) is 3.04. The fourth-order valence-corrected chi connectivity index (χ4v) is 1.25. The molecule has 1 aromatic rings. The lowest BCUT2D eigenvalue weighted by atomic mass is 10.1. The molecule has 0 fully saturated rings. The zero-order chi connectivity index (χ0) is 15.4. The van der Waals surface area contributed by atoms with Crippen LogP contribution in [0.15, 0.2) is 24.0 Å². The summed E-state index contributed by atoms with van der Waals surface area (Å²) in [5.74, 6) is -12.9. The number of carbonyl (C=O) groups excluding carboxylic acids is 1. The third-order valence-corrected chi connectivity index (χ3v) is 2.19. The maximum absolute atomic E-state index is 13.3. The molecule has 1 rings (SSSR count). The molecule has 0 atom stereocenters. The number of halogens is 5. The Hall–Kier alpha value is -2.18. The van der Waals surface area contributed by atoms with E-state index in [4.69, 9.17) is 0 Å². The zero-order valence-corrected chi connectivity index (χ0v) is 10.4. The van der Waals surface area contributed by atoms with Crippen LogP contribution in [0.25, 0.3) is 0 Å². The van der Waals surface area contributed by atoms with Crippen LogP contribution < -0.4 is 0 Å². The Labute approximate surface area is 111 Å². The summed E-state index contributed by atoms with van der Waals surface area (Å²) in [5.41, 5.74) is -1.63. The Bertz CT molecular complexity index is 576. The smallest absolute Gasteiger partial charge is 0.349 e. The van der Waals surface area contributed by atoms with Crippen molar-refractivity contribution in [3.63, 3.8) is 0 Å². The summed E-state index contributed by atoms with van der Waals surface area (Å²) >= 11 is 0. The highest BCUT2D eigenvalue weighted by molar-refractivity contribution is 5.90. The van der Waals surface area contributed by atoms with E-state index < -0.39 is 40.6 Å². The minimum Gasteiger partial charge on any atom is -0.428 e. The number of carbonyl (C=O) groups is 1. The van der Waals surface area contributed by atoms with Gasteiger partial charge in [-0.15, -0.1) is 0 Å². The first-order valence-corrected chi connectivity index (χ1v) is 5.34. The molecule has 0 radical (unpaired) electrons. The molecule has 0 N–H and O–H groups in total. The highest BCUT2D eigenvalue weighted by Crippen LogP contribution is 2.24. The van der Waals surface area contributed by atoms with Gasteiger partial charge < -0.3 is 4.74 Å². The predicted octanol–water partition coefficient (Wildman–Crippen LogP) is 4.02. The van der Waals surface area contributed by atoms with E-state index in [9.17, 15) is 26.7 Å². The number of benzene rings is 1. The van der Waals surface area contributed by atoms with E-state index in [1.54, 1.807) is 13.0 Å². The molecule has 7 heteroatoms. The Morgan fingerprint density at radius 2 is 1.40 bits per heavy atom. The van der Waals surface area contributed by atoms with Crippen molar-refractivity contribution in [2.45, 2.75) is 13.8 Å². The van der Waals surface area contributed by atoms with Crippen molar-refractivity contribution < 1.29 is 31.5 Å². The standard InChI is InChI=1S/C13H9F5O2/c1-3-4-5-6(2)20-13(19)7-8(14)10(16)12(18)11(17)9(7)15/h3-5H,1-2H3/b4-3-,6-5+. The van der Waals surface area contributed by atoms with Crippen LogP contribution in [0, 0.1) is 29.1 Å². The normalized spacial score (nSPS) is 12.1. The highest BCUT2D eigenvalue weighted by Gasteiger charge is 2.30. The summed E-state index contributed by atoms with van der Waals surface area (Å²) in [6, 6.07) is 0. The van der Waals surface area contributed by atoms with Crippen molar-refractivity contribution in [2.24, 2.45) is 0 Å². The number of hydrogen-bond donors (Lipinski definition) is 0. The first-order valence-electron chi connectivity index (χ1n) is 5.34. The van der Waals surface area contributed by atoms with E-state index in [2.05, 4.69) is 4.74 Å². The van der Waals surface area contributed by atoms with Gasteiger partial charge in [0.2, 0.25) is 5.82 Å². The molecule has 0 saturated carbocycles. The monoisotopic (exact) mass is 292 g/mol. The largest absolute Gasteiger partial charge is 0.428 e. The van der Waals surface area contributed by atoms with Crippen LogP contribution >= 0.6 is 0 Å².